The van der Waals surface area contributed by atoms with Gasteiger partial charge in [0.2, 0.25) is 0 Å². The van der Waals surface area contributed by atoms with Crippen LogP contribution < -0.4 is 4.90 Å². The number of anilines is 3. The zero-order valence-electron chi connectivity index (χ0n) is 34.1. The van der Waals surface area contributed by atoms with E-state index >= 15 is 0 Å². The molecule has 0 aliphatic rings. The molecule has 0 aliphatic carbocycles. The molecule has 0 bridgehead atoms. The van der Waals surface area contributed by atoms with Gasteiger partial charge in [0.1, 0.15) is 0 Å². The molecule has 0 aliphatic heterocycles. The third-order valence-corrected chi connectivity index (χ3v) is 12.0. The largest absolute Gasteiger partial charge is 0.310 e. The highest BCUT2D eigenvalue weighted by atomic mass is 15.1. The fourth-order valence-corrected chi connectivity index (χ4v) is 8.99. The van der Waals surface area contributed by atoms with E-state index in [4.69, 9.17) is 0 Å². The van der Waals surface area contributed by atoms with E-state index in [1.165, 1.54) is 66.4 Å². The van der Waals surface area contributed by atoms with Crippen LogP contribution in [0.3, 0.4) is 0 Å². The Morgan fingerprint density at radius 2 is 0.661 bits per heavy atom. The number of fused-ring (bicyclic) bond motifs is 3. The summed E-state index contributed by atoms with van der Waals surface area (Å²) in [4.78, 5) is 2.41. The first-order valence-corrected chi connectivity index (χ1v) is 21.3. The topological polar surface area (TPSA) is 8.17 Å². The summed E-state index contributed by atoms with van der Waals surface area (Å²) in [6.07, 6.45) is 0. The number of aromatic nitrogens is 1. The Morgan fingerprint density at radius 3 is 1.24 bits per heavy atom. The zero-order chi connectivity index (χ0) is 41.2. The Kier molecular flexibility index (Phi) is 9.57. The van der Waals surface area contributed by atoms with Crippen LogP contribution in [0.5, 0.6) is 0 Å². The van der Waals surface area contributed by atoms with E-state index in [1.807, 2.05) is 0 Å². The predicted molar refractivity (Wildman–Crippen MR) is 263 cm³/mol. The van der Waals surface area contributed by atoms with Crippen molar-refractivity contribution in [3.63, 3.8) is 0 Å². The van der Waals surface area contributed by atoms with Crippen molar-refractivity contribution >= 4 is 38.9 Å². The normalized spacial score (nSPS) is 11.2. The van der Waals surface area contributed by atoms with Gasteiger partial charge in [-0.15, -0.1) is 0 Å². The molecule has 11 rings (SSSR count). The van der Waals surface area contributed by atoms with E-state index in [0.29, 0.717) is 0 Å². The zero-order valence-corrected chi connectivity index (χ0v) is 34.1. The highest BCUT2D eigenvalue weighted by Crippen LogP contribution is 2.44. The van der Waals surface area contributed by atoms with Gasteiger partial charge in [-0.3, -0.25) is 0 Å². The molecule has 0 fully saturated rings. The standard InChI is InChI=1S/C60H42N2/c1-6-18-43(19-7-1)48-38-49(44-20-8-2-9-21-44)40-50(39-48)45-30-32-52(33-31-45)61(53-34-36-55(46-22-10-3-11-23-46)58(41-53)47-24-12-4-13-25-47)54-35-37-57-56-28-16-17-29-59(56)62(60(57)42-54)51-26-14-5-15-27-51/h1-42H. The van der Waals surface area contributed by atoms with Crippen molar-refractivity contribution in [1.29, 1.82) is 0 Å². The second-order valence-electron chi connectivity index (χ2n) is 15.8. The molecule has 2 nitrogen and oxygen atoms in total. The molecule has 0 spiro atoms. The smallest absolute Gasteiger partial charge is 0.0561 e. The maximum absolute atomic E-state index is 2.41. The predicted octanol–water partition coefficient (Wildman–Crippen LogP) is 16.6. The van der Waals surface area contributed by atoms with Gasteiger partial charge in [-0.25, -0.2) is 0 Å². The van der Waals surface area contributed by atoms with E-state index in [1.54, 1.807) is 0 Å². The minimum absolute atomic E-state index is 1.07. The third-order valence-electron chi connectivity index (χ3n) is 12.0. The lowest BCUT2D eigenvalue weighted by Crippen LogP contribution is -2.10. The first-order valence-electron chi connectivity index (χ1n) is 21.3. The van der Waals surface area contributed by atoms with Crippen molar-refractivity contribution in [1.82, 2.24) is 4.57 Å². The van der Waals surface area contributed by atoms with Gasteiger partial charge in [-0.05, 0) is 128 Å². The molecule has 1 aromatic heterocycles. The maximum Gasteiger partial charge on any atom is 0.0561 e. The second kappa shape index (κ2) is 16.1. The monoisotopic (exact) mass is 790 g/mol. The molecule has 0 saturated carbocycles. The Bertz CT molecular complexity index is 3240. The van der Waals surface area contributed by atoms with Crippen molar-refractivity contribution in [3.05, 3.63) is 255 Å². The first-order chi connectivity index (χ1) is 30.7. The van der Waals surface area contributed by atoms with E-state index < -0.39 is 0 Å². The van der Waals surface area contributed by atoms with E-state index in [-0.39, 0.29) is 0 Å². The minimum atomic E-state index is 1.07. The van der Waals surface area contributed by atoms with Gasteiger partial charge < -0.3 is 9.47 Å². The summed E-state index contributed by atoms with van der Waals surface area (Å²) in [5.74, 6) is 0. The number of nitrogens with zero attached hydrogens (tertiary/aromatic N) is 2. The first kappa shape index (κ1) is 36.8. The molecular formula is C60H42N2. The van der Waals surface area contributed by atoms with Gasteiger partial charge >= 0.3 is 0 Å². The van der Waals surface area contributed by atoms with Crippen LogP contribution in [0.1, 0.15) is 0 Å². The number of para-hydroxylation sites is 2. The van der Waals surface area contributed by atoms with Gasteiger partial charge in [0, 0.05) is 33.5 Å². The van der Waals surface area contributed by atoms with Crippen molar-refractivity contribution in [2.75, 3.05) is 4.90 Å². The molecule has 11 aromatic rings. The number of rotatable bonds is 9. The van der Waals surface area contributed by atoms with Crippen molar-refractivity contribution in [3.8, 4) is 61.3 Å². The summed E-state index contributed by atoms with van der Waals surface area (Å²) in [7, 11) is 0. The minimum Gasteiger partial charge on any atom is -0.310 e. The number of benzene rings is 10. The van der Waals surface area contributed by atoms with Crippen LogP contribution in [0.15, 0.2) is 255 Å². The summed E-state index contributed by atoms with van der Waals surface area (Å²) >= 11 is 0. The van der Waals surface area contributed by atoms with Gasteiger partial charge in [0.15, 0.2) is 0 Å². The summed E-state index contributed by atoms with van der Waals surface area (Å²) < 4.78 is 2.40. The Labute approximate surface area is 362 Å². The Balaban J connectivity index is 1.10. The average molecular weight is 791 g/mol. The molecule has 292 valence electrons. The van der Waals surface area contributed by atoms with E-state index in [9.17, 15) is 0 Å². The molecule has 0 N–H and O–H groups in total. The fourth-order valence-electron chi connectivity index (χ4n) is 8.99. The Hall–Kier alpha value is -8.20. The maximum atomic E-state index is 2.41. The van der Waals surface area contributed by atoms with Gasteiger partial charge in [0.05, 0.1) is 11.0 Å². The lowest BCUT2D eigenvalue weighted by atomic mass is 9.93. The molecule has 2 heteroatoms. The summed E-state index contributed by atoms with van der Waals surface area (Å²) in [6.45, 7) is 0. The molecule has 0 radical (unpaired) electrons. The van der Waals surface area contributed by atoms with Gasteiger partial charge in [0.25, 0.3) is 0 Å². The highest BCUT2D eigenvalue weighted by Gasteiger charge is 2.20. The van der Waals surface area contributed by atoms with Gasteiger partial charge in [-0.1, -0.05) is 182 Å². The summed E-state index contributed by atoms with van der Waals surface area (Å²) in [5, 5.41) is 2.46. The lowest BCUT2D eigenvalue weighted by molar-refractivity contribution is 1.18. The molecule has 1 heterocycles. The van der Waals surface area contributed by atoms with Crippen LogP contribution >= 0.6 is 0 Å². The molecule has 0 atom stereocenters. The van der Waals surface area contributed by atoms with Crippen LogP contribution in [0, 0.1) is 0 Å². The van der Waals surface area contributed by atoms with E-state index in [0.717, 1.165) is 33.8 Å². The molecule has 62 heavy (non-hydrogen) atoms. The number of hydrogen-bond acceptors (Lipinski definition) is 1. The Morgan fingerprint density at radius 1 is 0.242 bits per heavy atom. The third kappa shape index (κ3) is 6.94. The average Bonchev–Trinajstić information content (AvgIpc) is 3.69. The van der Waals surface area contributed by atoms with Crippen molar-refractivity contribution in [2.45, 2.75) is 0 Å². The van der Waals surface area contributed by atoms with Gasteiger partial charge in [-0.2, -0.15) is 0 Å². The molecule has 0 unspecified atom stereocenters. The lowest BCUT2D eigenvalue weighted by Gasteiger charge is -2.27. The fraction of sp³-hybridized carbons (Fsp3) is 0. The van der Waals surface area contributed by atoms with Crippen LogP contribution in [0.4, 0.5) is 17.1 Å². The van der Waals surface area contributed by atoms with E-state index in [2.05, 4.69) is 264 Å². The molecular weight excluding hydrogens is 749 g/mol. The number of hydrogen-bond donors (Lipinski definition) is 0. The second-order valence-corrected chi connectivity index (χ2v) is 15.8. The van der Waals surface area contributed by atoms with Crippen LogP contribution in [-0.2, 0) is 0 Å². The SMILES string of the molecule is c1ccc(-c2cc(-c3ccccc3)cc(-c3ccc(N(c4ccc(-c5ccccc5)c(-c5ccccc5)c4)c4ccc5c6ccccc6n(-c6ccccc6)c5c4)cc3)c2)cc1. The molecule has 0 saturated heterocycles. The summed E-state index contributed by atoms with van der Waals surface area (Å²) in [5.41, 5.74) is 18.6. The van der Waals surface area contributed by atoms with Crippen LogP contribution in [0.2, 0.25) is 0 Å². The van der Waals surface area contributed by atoms with Crippen molar-refractivity contribution < 1.29 is 0 Å². The van der Waals surface area contributed by atoms with Crippen LogP contribution in [-0.4, -0.2) is 4.57 Å². The molecule has 0 amide bonds. The van der Waals surface area contributed by atoms with Crippen LogP contribution in [0.25, 0.3) is 83.1 Å². The quantitative estimate of drug-likeness (QED) is 0.141. The molecule has 10 aromatic carbocycles. The van der Waals surface area contributed by atoms with Crippen molar-refractivity contribution in [2.24, 2.45) is 0 Å². The summed E-state index contributed by atoms with van der Waals surface area (Å²) in [6, 6.07) is 92.1. The highest BCUT2D eigenvalue weighted by molar-refractivity contribution is 6.10.